The SMILES string of the molecule is C[CH]C1CCC(F)CC1. The van der Waals surface area contributed by atoms with Crippen LogP contribution in [0.2, 0.25) is 0 Å². The smallest absolute Gasteiger partial charge is 0.100 e. The highest BCUT2D eigenvalue weighted by atomic mass is 19.1. The van der Waals surface area contributed by atoms with Gasteiger partial charge >= 0.3 is 0 Å². The van der Waals surface area contributed by atoms with Crippen molar-refractivity contribution in [2.75, 3.05) is 0 Å². The van der Waals surface area contributed by atoms with Gasteiger partial charge in [-0.25, -0.2) is 4.39 Å². The average Bonchev–Trinajstić information content (AvgIpc) is 1.90. The second kappa shape index (κ2) is 3.19. The Hall–Kier alpha value is -0.0700. The maximum Gasteiger partial charge on any atom is 0.100 e. The van der Waals surface area contributed by atoms with Gasteiger partial charge in [0.15, 0.2) is 0 Å². The van der Waals surface area contributed by atoms with Crippen molar-refractivity contribution in [2.24, 2.45) is 5.92 Å². The second-order valence-corrected chi connectivity index (χ2v) is 2.85. The van der Waals surface area contributed by atoms with Gasteiger partial charge < -0.3 is 0 Å². The lowest BCUT2D eigenvalue weighted by molar-refractivity contribution is 0.220. The van der Waals surface area contributed by atoms with Crippen LogP contribution in [0.15, 0.2) is 0 Å². The first-order valence-corrected chi connectivity index (χ1v) is 3.76. The average molecular weight is 129 g/mol. The van der Waals surface area contributed by atoms with Gasteiger partial charge in [0, 0.05) is 0 Å². The molecule has 0 bridgehead atoms. The van der Waals surface area contributed by atoms with Crippen LogP contribution in [0.4, 0.5) is 4.39 Å². The largest absolute Gasteiger partial charge is 0.247 e. The summed E-state index contributed by atoms with van der Waals surface area (Å²) in [4.78, 5) is 0. The van der Waals surface area contributed by atoms with Crippen molar-refractivity contribution in [1.82, 2.24) is 0 Å². The molecule has 9 heavy (non-hydrogen) atoms. The molecular weight excluding hydrogens is 115 g/mol. The van der Waals surface area contributed by atoms with Crippen molar-refractivity contribution in [3.05, 3.63) is 6.42 Å². The van der Waals surface area contributed by atoms with Gasteiger partial charge in [0.2, 0.25) is 0 Å². The minimum absolute atomic E-state index is 0.499. The molecule has 53 valence electrons. The number of halogens is 1. The van der Waals surface area contributed by atoms with Gasteiger partial charge in [-0.2, -0.15) is 0 Å². The molecule has 1 heteroatoms. The molecule has 0 aliphatic heterocycles. The lowest BCUT2D eigenvalue weighted by atomic mass is 9.87. The first-order chi connectivity index (χ1) is 4.33. The molecule has 0 amide bonds. The standard InChI is InChI=1S/C8H14F/c1-2-7-3-5-8(9)6-4-7/h2,7-8H,3-6H2,1H3. The van der Waals surface area contributed by atoms with E-state index in [1.807, 2.05) is 0 Å². The highest BCUT2D eigenvalue weighted by Gasteiger charge is 2.18. The molecule has 1 aliphatic rings. The number of rotatable bonds is 1. The summed E-state index contributed by atoms with van der Waals surface area (Å²) in [7, 11) is 0. The minimum Gasteiger partial charge on any atom is -0.247 e. The summed E-state index contributed by atoms with van der Waals surface area (Å²) in [5, 5.41) is 0. The lowest BCUT2D eigenvalue weighted by Gasteiger charge is -2.22. The van der Waals surface area contributed by atoms with Gasteiger partial charge in [-0.05, 0) is 38.0 Å². The molecule has 0 saturated heterocycles. The van der Waals surface area contributed by atoms with E-state index in [-0.39, 0.29) is 0 Å². The normalized spacial score (nSPS) is 36.7. The summed E-state index contributed by atoms with van der Waals surface area (Å²) < 4.78 is 12.5. The van der Waals surface area contributed by atoms with Crippen LogP contribution in [0.1, 0.15) is 32.6 Å². The minimum atomic E-state index is -0.499. The molecule has 0 aromatic heterocycles. The maximum atomic E-state index is 12.5. The van der Waals surface area contributed by atoms with Crippen molar-refractivity contribution in [3.8, 4) is 0 Å². The third kappa shape index (κ3) is 1.96. The second-order valence-electron chi connectivity index (χ2n) is 2.85. The Kier molecular flexibility index (Phi) is 2.49. The first kappa shape index (κ1) is 7.04. The van der Waals surface area contributed by atoms with Crippen molar-refractivity contribution >= 4 is 0 Å². The van der Waals surface area contributed by atoms with Crippen molar-refractivity contribution in [3.63, 3.8) is 0 Å². The molecule has 1 aliphatic carbocycles. The fourth-order valence-corrected chi connectivity index (χ4v) is 1.41. The molecule has 1 radical (unpaired) electrons. The van der Waals surface area contributed by atoms with Crippen LogP contribution in [0, 0.1) is 12.3 Å². The summed E-state index contributed by atoms with van der Waals surface area (Å²) in [6, 6.07) is 0. The quantitative estimate of drug-likeness (QED) is 0.510. The lowest BCUT2D eigenvalue weighted by Crippen LogP contribution is -2.14. The molecule has 0 unspecified atom stereocenters. The summed E-state index contributed by atoms with van der Waals surface area (Å²) in [5.74, 6) is 0.706. The third-order valence-electron chi connectivity index (χ3n) is 2.17. The molecule has 0 aromatic carbocycles. The molecule has 0 atom stereocenters. The van der Waals surface area contributed by atoms with E-state index in [1.54, 1.807) is 0 Å². The Morgan fingerprint density at radius 1 is 1.22 bits per heavy atom. The zero-order valence-corrected chi connectivity index (χ0v) is 5.94. The van der Waals surface area contributed by atoms with Crippen molar-refractivity contribution in [2.45, 2.75) is 38.8 Å². The molecule has 0 heterocycles. The Balaban J connectivity index is 2.18. The van der Waals surface area contributed by atoms with E-state index in [4.69, 9.17) is 0 Å². The van der Waals surface area contributed by atoms with E-state index in [0.29, 0.717) is 5.92 Å². The van der Waals surface area contributed by atoms with Crippen LogP contribution in [0.5, 0.6) is 0 Å². The zero-order chi connectivity index (χ0) is 6.69. The summed E-state index contributed by atoms with van der Waals surface area (Å²) in [6.07, 6.45) is 5.41. The van der Waals surface area contributed by atoms with Gasteiger partial charge in [0.05, 0.1) is 0 Å². The maximum absolute atomic E-state index is 12.5. The Bertz CT molecular complexity index is 72.6. The van der Waals surface area contributed by atoms with Crippen LogP contribution in [-0.4, -0.2) is 6.17 Å². The van der Waals surface area contributed by atoms with Crippen molar-refractivity contribution < 1.29 is 4.39 Å². The first-order valence-electron chi connectivity index (χ1n) is 3.76. The Morgan fingerprint density at radius 2 is 1.78 bits per heavy atom. The van der Waals surface area contributed by atoms with Crippen LogP contribution in [-0.2, 0) is 0 Å². The van der Waals surface area contributed by atoms with Gasteiger partial charge in [0.1, 0.15) is 6.17 Å². The van der Waals surface area contributed by atoms with Crippen LogP contribution in [0.25, 0.3) is 0 Å². The van der Waals surface area contributed by atoms with E-state index in [2.05, 4.69) is 13.3 Å². The predicted molar refractivity (Wildman–Crippen MR) is 36.8 cm³/mol. The summed E-state index contributed by atoms with van der Waals surface area (Å²) in [5.41, 5.74) is 0. The predicted octanol–water partition coefficient (Wildman–Crippen LogP) is 2.74. The highest BCUT2D eigenvalue weighted by Crippen LogP contribution is 2.27. The van der Waals surface area contributed by atoms with E-state index in [0.717, 1.165) is 25.7 Å². The van der Waals surface area contributed by atoms with Gasteiger partial charge in [-0.15, -0.1) is 0 Å². The fourth-order valence-electron chi connectivity index (χ4n) is 1.41. The summed E-state index contributed by atoms with van der Waals surface area (Å²) >= 11 is 0. The van der Waals surface area contributed by atoms with Crippen molar-refractivity contribution in [1.29, 1.82) is 0 Å². The Morgan fingerprint density at radius 3 is 2.22 bits per heavy atom. The van der Waals surface area contributed by atoms with E-state index in [1.165, 1.54) is 0 Å². The Labute approximate surface area is 56.5 Å². The van der Waals surface area contributed by atoms with E-state index in [9.17, 15) is 4.39 Å². The zero-order valence-electron chi connectivity index (χ0n) is 5.94. The highest BCUT2D eigenvalue weighted by molar-refractivity contribution is 4.78. The summed E-state index contributed by atoms with van der Waals surface area (Å²) in [6.45, 7) is 2.07. The van der Waals surface area contributed by atoms with E-state index < -0.39 is 6.17 Å². The molecule has 0 aromatic rings. The van der Waals surface area contributed by atoms with Crippen LogP contribution in [0.3, 0.4) is 0 Å². The molecule has 0 spiro atoms. The number of alkyl halides is 1. The fraction of sp³-hybridized carbons (Fsp3) is 0.875. The molecular formula is C8H14F. The monoisotopic (exact) mass is 129 g/mol. The number of hydrogen-bond acceptors (Lipinski definition) is 0. The molecule has 1 fully saturated rings. The van der Waals surface area contributed by atoms with Crippen LogP contribution < -0.4 is 0 Å². The topological polar surface area (TPSA) is 0 Å². The van der Waals surface area contributed by atoms with Crippen LogP contribution >= 0.6 is 0 Å². The third-order valence-corrected chi connectivity index (χ3v) is 2.17. The van der Waals surface area contributed by atoms with Gasteiger partial charge in [0.25, 0.3) is 0 Å². The van der Waals surface area contributed by atoms with Gasteiger partial charge in [-0.3, -0.25) is 0 Å². The molecule has 1 rings (SSSR count). The van der Waals surface area contributed by atoms with Gasteiger partial charge in [-0.1, -0.05) is 6.92 Å². The van der Waals surface area contributed by atoms with E-state index >= 15 is 0 Å². The molecule has 0 nitrogen and oxygen atoms in total. The number of hydrogen-bond donors (Lipinski definition) is 0. The molecule has 0 N–H and O–H groups in total. The molecule has 1 saturated carbocycles.